The van der Waals surface area contributed by atoms with Crippen LogP contribution in [0.1, 0.15) is 41.6 Å². The lowest BCUT2D eigenvalue weighted by Gasteiger charge is -2.38. The number of carbonyl (C=O) groups is 2. The zero-order chi connectivity index (χ0) is 25.1. The lowest BCUT2D eigenvalue weighted by Crippen LogP contribution is -2.47. The van der Waals surface area contributed by atoms with E-state index in [0.717, 1.165) is 43.6 Å². The highest BCUT2D eigenvalue weighted by molar-refractivity contribution is 6.02. The molecule has 0 unspecified atom stereocenters. The topological polar surface area (TPSA) is 110 Å². The van der Waals surface area contributed by atoms with Gasteiger partial charge in [-0.15, -0.1) is 0 Å². The highest BCUT2D eigenvalue weighted by Gasteiger charge is 2.41. The number of hydrogen-bond acceptors (Lipinski definition) is 5. The van der Waals surface area contributed by atoms with E-state index in [4.69, 9.17) is 12.3 Å². The molecule has 0 bridgehead atoms. The van der Waals surface area contributed by atoms with Crippen LogP contribution in [0.5, 0.6) is 0 Å². The average molecular weight is 484 g/mol. The van der Waals surface area contributed by atoms with E-state index in [9.17, 15) is 9.59 Å². The first-order valence-electron chi connectivity index (χ1n) is 12.2. The van der Waals surface area contributed by atoms with Gasteiger partial charge in [0.15, 0.2) is 5.82 Å². The number of hydrogen-bond donors (Lipinski definition) is 2. The molecule has 9 nitrogen and oxygen atoms in total. The van der Waals surface area contributed by atoms with Gasteiger partial charge in [0.2, 0.25) is 12.5 Å². The third kappa shape index (κ3) is 4.99. The lowest BCUT2D eigenvalue weighted by atomic mass is 9.87. The van der Waals surface area contributed by atoms with Gasteiger partial charge in [-0.2, -0.15) is 5.10 Å². The van der Waals surface area contributed by atoms with Crippen LogP contribution in [0, 0.1) is 12.5 Å². The molecule has 0 atom stereocenters. The van der Waals surface area contributed by atoms with E-state index in [2.05, 4.69) is 49.4 Å². The van der Waals surface area contributed by atoms with E-state index < -0.39 is 11.4 Å². The van der Waals surface area contributed by atoms with Gasteiger partial charge in [-0.25, -0.2) is 6.57 Å². The number of piperidine rings is 1. The smallest absolute Gasteiger partial charge is 0.254 e. The van der Waals surface area contributed by atoms with Gasteiger partial charge in [0.25, 0.3) is 5.91 Å². The van der Waals surface area contributed by atoms with E-state index >= 15 is 0 Å². The van der Waals surface area contributed by atoms with E-state index in [1.165, 1.54) is 5.56 Å². The van der Waals surface area contributed by atoms with Gasteiger partial charge in [0.1, 0.15) is 11.1 Å². The number of rotatable bonds is 8. The van der Waals surface area contributed by atoms with Gasteiger partial charge in [0.05, 0.1) is 0 Å². The van der Waals surface area contributed by atoms with Crippen LogP contribution in [0.2, 0.25) is 0 Å². The predicted octanol–water partition coefficient (Wildman–Crippen LogP) is 3.30. The summed E-state index contributed by atoms with van der Waals surface area (Å²) < 4.78 is 1.70. The molecule has 2 amide bonds. The number of aromatic nitrogens is 3. The summed E-state index contributed by atoms with van der Waals surface area (Å²) in [6.07, 6.45) is 8.34. The second-order valence-corrected chi connectivity index (χ2v) is 9.72. The summed E-state index contributed by atoms with van der Waals surface area (Å²) in [7, 11) is 0. The molecule has 9 heteroatoms. The molecule has 2 aromatic heterocycles. The quantitative estimate of drug-likeness (QED) is 0.478. The van der Waals surface area contributed by atoms with Crippen LogP contribution in [-0.4, -0.2) is 51.1 Å². The maximum Gasteiger partial charge on any atom is 0.254 e. The summed E-state index contributed by atoms with van der Waals surface area (Å²) >= 11 is 0. The Bertz CT molecular complexity index is 1280. The number of carbonyl (C=O) groups excluding carboxylic acids is 2. The number of nitrogens with one attached hydrogen (secondary N) is 1. The van der Waals surface area contributed by atoms with Crippen LogP contribution < -0.4 is 11.1 Å². The molecule has 1 saturated heterocycles. The first-order valence-corrected chi connectivity index (χ1v) is 12.2. The number of benzene rings is 1. The molecule has 1 aliphatic carbocycles. The third-order valence-electron chi connectivity index (χ3n) is 7.17. The van der Waals surface area contributed by atoms with Crippen LogP contribution in [0.15, 0.2) is 55.0 Å². The van der Waals surface area contributed by atoms with Gasteiger partial charge < -0.3 is 15.9 Å². The maximum absolute atomic E-state index is 12.3. The molecule has 2 aliphatic rings. The van der Waals surface area contributed by atoms with E-state index in [1.54, 1.807) is 17.1 Å². The Balaban J connectivity index is 1.28. The van der Waals surface area contributed by atoms with Gasteiger partial charge in [0, 0.05) is 44.1 Å². The number of anilines is 1. The molecule has 3 N–H and O–H groups in total. The standard InChI is InChI=1S/C27H29N7O2/c1-29-18-27(34-17-23(24(28)35)25(32-34)31-26(36)21-8-9-21)10-13-33(14-11-27)16-19-4-6-20(7-5-19)22-3-2-12-30-15-22/h2-7,12,15,17,21H,8-11,13-14,16,18H2,(H2,28,35)(H,31,32,36). The summed E-state index contributed by atoms with van der Waals surface area (Å²) in [4.78, 5) is 34.6. The molecule has 3 heterocycles. The van der Waals surface area contributed by atoms with E-state index in [-0.39, 0.29) is 29.8 Å². The molecule has 5 rings (SSSR count). The molecule has 2 fully saturated rings. The Morgan fingerprint density at radius 3 is 2.50 bits per heavy atom. The summed E-state index contributed by atoms with van der Waals surface area (Å²) in [5, 5.41) is 7.33. The number of pyridine rings is 1. The Hall–Kier alpha value is -4.03. The van der Waals surface area contributed by atoms with Crippen molar-refractivity contribution >= 4 is 17.6 Å². The van der Waals surface area contributed by atoms with Gasteiger partial charge in [-0.05, 0) is 48.4 Å². The fourth-order valence-corrected chi connectivity index (χ4v) is 4.78. The van der Waals surface area contributed by atoms with Crippen molar-refractivity contribution in [3.8, 4) is 11.1 Å². The van der Waals surface area contributed by atoms with Crippen LogP contribution in [0.3, 0.4) is 0 Å². The zero-order valence-corrected chi connectivity index (χ0v) is 20.1. The van der Waals surface area contributed by atoms with Gasteiger partial charge >= 0.3 is 0 Å². The largest absolute Gasteiger partial charge is 0.365 e. The minimum Gasteiger partial charge on any atom is -0.365 e. The Morgan fingerprint density at radius 1 is 1.14 bits per heavy atom. The highest BCUT2D eigenvalue weighted by atomic mass is 16.2. The van der Waals surface area contributed by atoms with Crippen molar-refractivity contribution in [2.24, 2.45) is 11.7 Å². The van der Waals surface area contributed by atoms with Crippen LogP contribution >= 0.6 is 0 Å². The van der Waals surface area contributed by atoms with Gasteiger partial charge in [-0.1, -0.05) is 30.3 Å². The first-order chi connectivity index (χ1) is 17.5. The summed E-state index contributed by atoms with van der Waals surface area (Å²) in [6, 6.07) is 12.5. The SMILES string of the molecule is [C-]#[N+]CC1(n2cc(C(N)=O)c(NC(=O)C3CC3)n2)CCN(Cc2ccc(-c3cccnc3)cc2)CC1. The molecule has 1 aliphatic heterocycles. The van der Waals surface area contributed by atoms with Crippen molar-refractivity contribution in [3.05, 3.63) is 77.5 Å². The molecule has 1 saturated carbocycles. The van der Waals surface area contributed by atoms with Gasteiger partial charge in [-0.3, -0.25) is 24.2 Å². The summed E-state index contributed by atoms with van der Waals surface area (Å²) in [6.45, 7) is 10.2. The van der Waals surface area contributed by atoms with Crippen molar-refractivity contribution in [1.82, 2.24) is 19.7 Å². The second-order valence-electron chi connectivity index (χ2n) is 9.72. The first kappa shape index (κ1) is 23.7. The van der Waals surface area contributed by atoms with Crippen LogP contribution in [0.4, 0.5) is 5.82 Å². The molecule has 184 valence electrons. The Labute approximate surface area is 210 Å². The molecule has 3 aromatic rings. The molecule has 1 aromatic carbocycles. The Morgan fingerprint density at radius 2 is 1.89 bits per heavy atom. The fraction of sp³-hybridized carbons (Fsp3) is 0.370. The average Bonchev–Trinajstić information content (AvgIpc) is 3.66. The third-order valence-corrected chi connectivity index (χ3v) is 7.17. The number of likely N-dealkylation sites (tertiary alicyclic amines) is 1. The van der Waals surface area contributed by atoms with Crippen molar-refractivity contribution < 1.29 is 9.59 Å². The summed E-state index contributed by atoms with van der Waals surface area (Å²) in [5.41, 5.74) is 8.67. The number of nitrogens with two attached hydrogens (primary N) is 1. The van der Waals surface area contributed by atoms with Crippen molar-refractivity contribution in [1.29, 1.82) is 0 Å². The maximum atomic E-state index is 12.3. The molecule has 0 radical (unpaired) electrons. The predicted molar refractivity (Wildman–Crippen MR) is 136 cm³/mol. The highest BCUT2D eigenvalue weighted by Crippen LogP contribution is 2.34. The number of amides is 2. The summed E-state index contributed by atoms with van der Waals surface area (Å²) in [5.74, 6) is -0.599. The van der Waals surface area contributed by atoms with Crippen molar-refractivity contribution in [2.45, 2.75) is 37.8 Å². The monoisotopic (exact) mass is 483 g/mol. The molecular weight excluding hydrogens is 454 g/mol. The minimum absolute atomic E-state index is 0.0188. The van der Waals surface area contributed by atoms with Crippen molar-refractivity contribution in [2.75, 3.05) is 25.0 Å². The molecular formula is C27H29N7O2. The van der Waals surface area contributed by atoms with E-state index in [0.29, 0.717) is 12.8 Å². The van der Waals surface area contributed by atoms with Crippen molar-refractivity contribution in [3.63, 3.8) is 0 Å². The minimum atomic E-state index is -0.641. The Kier molecular flexibility index (Phi) is 6.53. The lowest BCUT2D eigenvalue weighted by molar-refractivity contribution is -0.117. The number of primary amides is 1. The zero-order valence-electron chi connectivity index (χ0n) is 20.1. The molecule has 36 heavy (non-hydrogen) atoms. The second kappa shape index (κ2) is 9.91. The number of nitrogens with zero attached hydrogens (tertiary/aromatic N) is 5. The van der Waals surface area contributed by atoms with Crippen LogP contribution in [0.25, 0.3) is 16.0 Å². The molecule has 0 spiro atoms. The normalized spacial score (nSPS) is 17.3. The fourth-order valence-electron chi connectivity index (χ4n) is 4.78. The van der Waals surface area contributed by atoms with Crippen LogP contribution in [-0.2, 0) is 16.9 Å². The van der Waals surface area contributed by atoms with E-state index in [1.807, 2.05) is 18.3 Å².